The minimum absolute atomic E-state index is 0.0316. The van der Waals surface area contributed by atoms with Crippen LogP contribution in [0.1, 0.15) is 60.2 Å². The normalized spacial score (nSPS) is 17.7. The smallest absolute Gasteiger partial charge is 0.423 e. The van der Waals surface area contributed by atoms with Crippen LogP contribution >= 0.6 is 0 Å². The quantitative estimate of drug-likeness (QED) is 0.143. The average molecular weight is 624 g/mol. The van der Waals surface area contributed by atoms with Crippen molar-refractivity contribution in [3.05, 3.63) is 88.2 Å². The van der Waals surface area contributed by atoms with E-state index in [0.29, 0.717) is 36.6 Å². The Labute approximate surface area is 238 Å². The zero-order valence-corrected chi connectivity index (χ0v) is 22.1. The molecule has 43 heavy (non-hydrogen) atoms. The molecule has 0 amide bonds. The lowest BCUT2D eigenvalue weighted by Crippen LogP contribution is -2.29. The summed E-state index contributed by atoms with van der Waals surface area (Å²) in [6.45, 7) is 2.58. The first-order chi connectivity index (χ1) is 20.1. The van der Waals surface area contributed by atoms with Crippen LogP contribution < -0.4 is 4.74 Å². The van der Waals surface area contributed by atoms with Crippen LogP contribution in [-0.4, -0.2) is 18.9 Å². The largest absolute Gasteiger partial charge is 0.527 e. The molecule has 0 N–H and O–H groups in total. The Morgan fingerprint density at radius 1 is 0.860 bits per heavy atom. The van der Waals surface area contributed by atoms with Crippen LogP contribution in [0.15, 0.2) is 42.5 Å². The first-order valence-electron chi connectivity index (χ1n) is 12.9. The number of hydrogen-bond donors (Lipinski definition) is 0. The predicted molar refractivity (Wildman–Crippen MR) is 130 cm³/mol. The number of esters is 1. The molecular formula is C29H22F10O4. The zero-order valence-electron chi connectivity index (χ0n) is 22.1. The number of alkyl halides is 5. The lowest BCUT2D eigenvalue weighted by molar-refractivity contribution is -0.432. The van der Waals surface area contributed by atoms with Crippen molar-refractivity contribution in [1.82, 2.24) is 0 Å². The molecule has 1 fully saturated rings. The summed E-state index contributed by atoms with van der Waals surface area (Å²) in [4.78, 5) is 12.5. The van der Waals surface area contributed by atoms with Gasteiger partial charge in [-0.3, -0.25) is 0 Å². The Morgan fingerprint density at radius 3 is 2.00 bits per heavy atom. The lowest BCUT2D eigenvalue weighted by atomic mass is 9.91. The van der Waals surface area contributed by atoms with Crippen LogP contribution in [-0.2, 0) is 15.6 Å². The molecule has 14 heteroatoms. The van der Waals surface area contributed by atoms with E-state index in [0.717, 1.165) is 31.4 Å². The Morgan fingerprint density at radius 2 is 1.49 bits per heavy atom. The van der Waals surface area contributed by atoms with Gasteiger partial charge in [0.1, 0.15) is 40.4 Å². The maximum absolute atomic E-state index is 14.8. The lowest BCUT2D eigenvalue weighted by Gasteiger charge is -2.29. The van der Waals surface area contributed by atoms with Gasteiger partial charge in [0.25, 0.3) is 0 Å². The molecule has 0 aliphatic carbocycles. The number of ether oxygens (including phenoxy) is 3. The van der Waals surface area contributed by atoms with Crippen molar-refractivity contribution in [2.75, 3.05) is 6.61 Å². The molecule has 0 spiro atoms. The van der Waals surface area contributed by atoms with Crippen LogP contribution in [0.2, 0.25) is 0 Å². The summed E-state index contributed by atoms with van der Waals surface area (Å²) in [5.74, 6) is -10.5. The highest BCUT2D eigenvalue weighted by atomic mass is 19.4. The number of rotatable bonds is 8. The molecule has 2 unspecified atom stereocenters. The molecule has 4 rings (SSSR count). The van der Waals surface area contributed by atoms with Gasteiger partial charge < -0.3 is 9.47 Å². The maximum Gasteiger partial charge on any atom is 0.527 e. The minimum atomic E-state index is -5.97. The number of carbonyl (C=O) groups excluding carboxylic acids is 1. The molecule has 3 aromatic carbocycles. The molecular weight excluding hydrogens is 602 g/mol. The fraction of sp³-hybridized carbons (Fsp3) is 0.345. The third-order valence-electron chi connectivity index (χ3n) is 6.74. The van der Waals surface area contributed by atoms with Gasteiger partial charge in [0.2, 0.25) is 0 Å². The maximum atomic E-state index is 14.8. The number of hydrogen-bond acceptors (Lipinski definition) is 4. The van der Waals surface area contributed by atoms with E-state index in [4.69, 9.17) is 9.47 Å². The molecule has 1 heterocycles. The third-order valence-corrected chi connectivity index (χ3v) is 6.74. The van der Waals surface area contributed by atoms with Gasteiger partial charge in [-0.05, 0) is 60.6 Å². The van der Waals surface area contributed by atoms with E-state index in [1.54, 1.807) is 0 Å². The minimum Gasteiger partial charge on any atom is -0.423 e. The Balaban J connectivity index is 1.52. The van der Waals surface area contributed by atoms with Gasteiger partial charge in [-0.2, -0.15) is 8.78 Å². The molecule has 3 aromatic rings. The van der Waals surface area contributed by atoms with Gasteiger partial charge in [-0.1, -0.05) is 19.4 Å². The van der Waals surface area contributed by atoms with E-state index in [-0.39, 0.29) is 18.2 Å². The molecule has 0 aromatic heterocycles. The summed E-state index contributed by atoms with van der Waals surface area (Å²) in [5, 5.41) is 0. The van der Waals surface area contributed by atoms with E-state index in [9.17, 15) is 48.7 Å². The second-order valence-electron chi connectivity index (χ2n) is 9.82. The van der Waals surface area contributed by atoms with Crippen molar-refractivity contribution < 1.29 is 62.9 Å². The van der Waals surface area contributed by atoms with Gasteiger partial charge in [0.05, 0.1) is 23.8 Å². The van der Waals surface area contributed by atoms with Crippen LogP contribution in [0.3, 0.4) is 0 Å². The van der Waals surface area contributed by atoms with Crippen molar-refractivity contribution in [3.63, 3.8) is 0 Å². The summed E-state index contributed by atoms with van der Waals surface area (Å²) in [6, 6.07) is 4.38. The standard InChI is InChI=1S/C29H22F10O4/c1-2-3-14-4-7-24(41-13-14)15-5-6-18(19(30)8-15)27(40)42-17-11-20(31)25(21(32)12-17)16-9-22(33)26(23(34)10-16)28(35,36)43-29(37,38)39/h5-6,8-12,14,24H,2-4,7,13H2,1H3. The monoisotopic (exact) mass is 624 g/mol. The molecule has 232 valence electrons. The van der Waals surface area contributed by atoms with Crippen molar-refractivity contribution in [2.24, 2.45) is 5.92 Å². The van der Waals surface area contributed by atoms with E-state index < -0.39 is 75.5 Å². The van der Waals surface area contributed by atoms with Crippen LogP contribution in [0.5, 0.6) is 5.75 Å². The highest BCUT2D eigenvalue weighted by Crippen LogP contribution is 2.41. The first-order valence-corrected chi connectivity index (χ1v) is 12.9. The second kappa shape index (κ2) is 12.5. The van der Waals surface area contributed by atoms with Gasteiger partial charge in [-0.25, -0.2) is 31.5 Å². The first kappa shape index (κ1) is 32.3. The topological polar surface area (TPSA) is 44.8 Å². The molecule has 1 saturated heterocycles. The summed E-state index contributed by atoms with van der Waals surface area (Å²) in [6.07, 6.45) is -8.30. The van der Waals surface area contributed by atoms with Gasteiger partial charge in [0, 0.05) is 12.1 Å². The SMILES string of the molecule is CCCC1CCC(c2ccc(C(=O)Oc3cc(F)c(-c4cc(F)c(C(F)(F)OC(F)(F)F)c(F)c4)c(F)c3)c(F)c2)OC1. The average Bonchev–Trinajstić information content (AvgIpc) is 2.86. The van der Waals surface area contributed by atoms with E-state index >= 15 is 0 Å². The Bertz CT molecular complexity index is 1450. The number of benzene rings is 3. The molecule has 0 radical (unpaired) electrons. The van der Waals surface area contributed by atoms with Crippen molar-refractivity contribution >= 4 is 5.97 Å². The van der Waals surface area contributed by atoms with E-state index in [2.05, 4.69) is 11.7 Å². The van der Waals surface area contributed by atoms with Crippen molar-refractivity contribution in [1.29, 1.82) is 0 Å². The van der Waals surface area contributed by atoms with Crippen molar-refractivity contribution in [3.8, 4) is 16.9 Å². The Kier molecular flexibility index (Phi) is 9.40. The van der Waals surface area contributed by atoms with Gasteiger partial charge >= 0.3 is 18.4 Å². The van der Waals surface area contributed by atoms with Crippen LogP contribution in [0.25, 0.3) is 11.1 Å². The Hall–Kier alpha value is -3.65. The fourth-order valence-electron chi connectivity index (χ4n) is 4.84. The van der Waals surface area contributed by atoms with E-state index in [1.165, 1.54) is 6.07 Å². The molecule has 0 bridgehead atoms. The summed E-state index contributed by atoms with van der Waals surface area (Å²) >= 11 is 0. The fourth-order valence-corrected chi connectivity index (χ4v) is 4.84. The highest BCUT2D eigenvalue weighted by molar-refractivity contribution is 5.91. The highest BCUT2D eigenvalue weighted by Gasteiger charge is 2.49. The molecule has 0 saturated carbocycles. The number of carbonyl (C=O) groups is 1. The third kappa shape index (κ3) is 7.47. The summed E-state index contributed by atoms with van der Waals surface area (Å²) < 4.78 is 150. The molecule has 1 aliphatic rings. The zero-order chi connectivity index (χ0) is 31.7. The number of halogens is 10. The molecule has 4 nitrogen and oxygen atoms in total. The molecule has 2 atom stereocenters. The second-order valence-corrected chi connectivity index (χ2v) is 9.82. The van der Waals surface area contributed by atoms with Crippen molar-refractivity contribution in [2.45, 2.75) is 51.2 Å². The predicted octanol–water partition coefficient (Wildman–Crippen LogP) is 9.12. The summed E-state index contributed by atoms with van der Waals surface area (Å²) in [5.41, 5.74) is -4.73. The van der Waals surface area contributed by atoms with E-state index in [1.807, 2.05) is 0 Å². The van der Waals surface area contributed by atoms with Crippen LogP contribution in [0, 0.1) is 35.0 Å². The van der Waals surface area contributed by atoms with Gasteiger partial charge in [0.15, 0.2) is 0 Å². The van der Waals surface area contributed by atoms with Crippen LogP contribution in [0.4, 0.5) is 43.9 Å². The molecule has 1 aliphatic heterocycles. The summed E-state index contributed by atoms with van der Waals surface area (Å²) in [7, 11) is 0. The van der Waals surface area contributed by atoms with Gasteiger partial charge in [-0.15, -0.1) is 13.2 Å².